The summed E-state index contributed by atoms with van der Waals surface area (Å²) >= 11 is 1.61. The average molecular weight is 264 g/mol. The van der Waals surface area contributed by atoms with Crippen molar-refractivity contribution in [2.24, 2.45) is 0 Å². The van der Waals surface area contributed by atoms with Crippen LogP contribution >= 0.6 is 11.8 Å². The predicted octanol–water partition coefficient (Wildman–Crippen LogP) is 3.74. The van der Waals surface area contributed by atoms with Gasteiger partial charge in [0, 0.05) is 5.75 Å². The molecule has 2 nitrogen and oxygen atoms in total. The molecule has 0 aromatic heterocycles. The fourth-order valence-electron chi connectivity index (χ4n) is 1.50. The zero-order valence-electron chi connectivity index (χ0n) is 11.0. The van der Waals surface area contributed by atoms with Gasteiger partial charge in [-0.3, -0.25) is 4.79 Å². The van der Waals surface area contributed by atoms with E-state index >= 15 is 0 Å². The number of hydrogen-bond acceptors (Lipinski definition) is 3. The number of thioether (sulfide) groups is 1. The number of esters is 1. The fraction of sp³-hybridized carbons (Fsp3) is 0.400. The molecule has 0 radical (unpaired) electrons. The maximum atomic E-state index is 11.7. The van der Waals surface area contributed by atoms with Gasteiger partial charge in [0.15, 0.2) is 0 Å². The number of carbonyl (C=O) groups is 1. The van der Waals surface area contributed by atoms with Gasteiger partial charge in [0.05, 0.1) is 6.61 Å². The second kappa shape index (κ2) is 7.98. The fourth-order valence-corrected chi connectivity index (χ4v) is 2.56. The summed E-state index contributed by atoms with van der Waals surface area (Å²) in [5, 5.41) is -0.149. The van der Waals surface area contributed by atoms with E-state index in [2.05, 4.69) is 37.8 Å². The highest BCUT2D eigenvalue weighted by Crippen LogP contribution is 2.22. The number of ether oxygens (including phenoxy) is 1. The van der Waals surface area contributed by atoms with Crippen LogP contribution in [0.3, 0.4) is 0 Å². The molecule has 18 heavy (non-hydrogen) atoms. The lowest BCUT2D eigenvalue weighted by molar-refractivity contribution is -0.142. The Bertz CT molecular complexity index is 384. The summed E-state index contributed by atoms with van der Waals surface area (Å²) in [6.07, 6.45) is 2.42. The lowest BCUT2D eigenvalue weighted by Crippen LogP contribution is -2.19. The zero-order chi connectivity index (χ0) is 13.4. The minimum Gasteiger partial charge on any atom is -0.465 e. The molecule has 0 spiro atoms. The Morgan fingerprint density at radius 2 is 2.11 bits per heavy atom. The Morgan fingerprint density at radius 1 is 1.44 bits per heavy atom. The molecule has 98 valence electrons. The summed E-state index contributed by atoms with van der Waals surface area (Å²) in [5.41, 5.74) is 2.47. The van der Waals surface area contributed by atoms with Crippen LogP contribution in [-0.4, -0.2) is 17.8 Å². The molecule has 0 N–H and O–H groups in total. The van der Waals surface area contributed by atoms with Crippen molar-refractivity contribution in [2.75, 3.05) is 6.61 Å². The lowest BCUT2D eigenvalue weighted by atomic mass is 10.2. The van der Waals surface area contributed by atoms with Crippen LogP contribution in [0.1, 0.15) is 24.5 Å². The Labute approximate surface area is 113 Å². The molecule has 0 aliphatic rings. The third-order valence-corrected chi connectivity index (χ3v) is 3.79. The van der Waals surface area contributed by atoms with Crippen molar-refractivity contribution in [3.8, 4) is 0 Å². The van der Waals surface area contributed by atoms with Gasteiger partial charge in [0.2, 0.25) is 0 Å². The maximum Gasteiger partial charge on any atom is 0.319 e. The number of benzene rings is 1. The molecular formula is C15H20O2S. The Kier molecular flexibility index (Phi) is 6.58. The van der Waals surface area contributed by atoms with E-state index in [1.54, 1.807) is 17.8 Å². The van der Waals surface area contributed by atoms with Gasteiger partial charge in [0.1, 0.15) is 5.25 Å². The first-order valence-electron chi connectivity index (χ1n) is 6.12. The zero-order valence-corrected chi connectivity index (χ0v) is 11.8. The highest BCUT2D eigenvalue weighted by atomic mass is 32.2. The van der Waals surface area contributed by atoms with Crippen molar-refractivity contribution in [2.45, 2.75) is 31.3 Å². The largest absolute Gasteiger partial charge is 0.465 e. The van der Waals surface area contributed by atoms with Crippen molar-refractivity contribution in [1.29, 1.82) is 0 Å². The van der Waals surface area contributed by atoms with E-state index in [4.69, 9.17) is 4.74 Å². The summed E-state index contributed by atoms with van der Waals surface area (Å²) in [4.78, 5) is 11.7. The second-order valence-corrected chi connectivity index (χ2v) is 5.25. The van der Waals surface area contributed by atoms with Gasteiger partial charge in [-0.15, -0.1) is 18.3 Å². The SMILES string of the molecule is C=CCC(SCc1ccc(C)cc1)C(=O)OCC. The molecule has 0 aliphatic carbocycles. The van der Waals surface area contributed by atoms with Crippen molar-refractivity contribution < 1.29 is 9.53 Å². The normalized spacial score (nSPS) is 11.9. The van der Waals surface area contributed by atoms with E-state index in [1.165, 1.54) is 11.1 Å². The molecule has 0 amide bonds. The lowest BCUT2D eigenvalue weighted by Gasteiger charge is -2.13. The van der Waals surface area contributed by atoms with Gasteiger partial charge in [-0.1, -0.05) is 35.9 Å². The van der Waals surface area contributed by atoms with Crippen LogP contribution in [0.2, 0.25) is 0 Å². The topological polar surface area (TPSA) is 26.3 Å². The first-order chi connectivity index (χ1) is 8.67. The highest BCUT2D eigenvalue weighted by Gasteiger charge is 2.18. The Balaban J connectivity index is 2.53. The predicted molar refractivity (Wildman–Crippen MR) is 77.7 cm³/mol. The van der Waals surface area contributed by atoms with Gasteiger partial charge in [-0.05, 0) is 25.8 Å². The minimum absolute atomic E-state index is 0.144. The molecule has 1 aromatic carbocycles. The van der Waals surface area contributed by atoms with Crippen LogP contribution in [0.4, 0.5) is 0 Å². The van der Waals surface area contributed by atoms with E-state index in [9.17, 15) is 4.79 Å². The van der Waals surface area contributed by atoms with E-state index in [0.29, 0.717) is 13.0 Å². The van der Waals surface area contributed by atoms with E-state index in [-0.39, 0.29) is 11.2 Å². The molecule has 1 unspecified atom stereocenters. The van der Waals surface area contributed by atoms with Crippen molar-refractivity contribution in [1.82, 2.24) is 0 Å². The second-order valence-electron chi connectivity index (χ2n) is 4.06. The molecule has 0 bridgehead atoms. The molecule has 0 aliphatic heterocycles. The molecular weight excluding hydrogens is 244 g/mol. The summed E-state index contributed by atoms with van der Waals surface area (Å²) in [6, 6.07) is 8.36. The molecule has 1 rings (SSSR count). The molecule has 0 fully saturated rings. The van der Waals surface area contributed by atoms with Gasteiger partial charge in [0.25, 0.3) is 0 Å². The van der Waals surface area contributed by atoms with E-state index in [0.717, 1.165) is 5.75 Å². The first-order valence-corrected chi connectivity index (χ1v) is 7.17. The smallest absolute Gasteiger partial charge is 0.319 e. The molecule has 1 aromatic rings. The van der Waals surface area contributed by atoms with Crippen molar-refractivity contribution in [3.63, 3.8) is 0 Å². The van der Waals surface area contributed by atoms with Crippen molar-refractivity contribution >= 4 is 17.7 Å². The van der Waals surface area contributed by atoms with E-state index < -0.39 is 0 Å². The van der Waals surface area contributed by atoms with E-state index in [1.807, 2.05) is 6.92 Å². The van der Waals surface area contributed by atoms with Crippen LogP contribution in [-0.2, 0) is 15.3 Å². The van der Waals surface area contributed by atoms with Gasteiger partial charge in [-0.25, -0.2) is 0 Å². The van der Waals surface area contributed by atoms with Gasteiger partial charge >= 0.3 is 5.97 Å². The quantitative estimate of drug-likeness (QED) is 0.554. The third-order valence-electron chi connectivity index (χ3n) is 2.50. The molecule has 0 saturated heterocycles. The van der Waals surface area contributed by atoms with Crippen molar-refractivity contribution in [3.05, 3.63) is 48.0 Å². The first kappa shape index (κ1) is 14.8. The maximum absolute atomic E-state index is 11.7. The third kappa shape index (κ3) is 4.96. The molecule has 0 saturated carbocycles. The van der Waals surface area contributed by atoms with Gasteiger partial charge < -0.3 is 4.74 Å². The van der Waals surface area contributed by atoms with Crippen LogP contribution in [0.5, 0.6) is 0 Å². The Morgan fingerprint density at radius 3 is 2.67 bits per heavy atom. The minimum atomic E-state index is -0.149. The molecule has 0 heterocycles. The number of rotatable bonds is 7. The average Bonchev–Trinajstić information content (AvgIpc) is 2.36. The standard InChI is InChI=1S/C15H20O2S/c1-4-6-14(15(16)17-5-2)18-11-13-9-7-12(3)8-10-13/h4,7-10,14H,1,5-6,11H2,2-3H3. The van der Waals surface area contributed by atoms with Crippen LogP contribution in [0, 0.1) is 6.92 Å². The number of allylic oxidation sites excluding steroid dienone is 1. The highest BCUT2D eigenvalue weighted by molar-refractivity contribution is 7.99. The number of aryl methyl sites for hydroxylation is 1. The number of hydrogen-bond donors (Lipinski definition) is 0. The van der Waals surface area contributed by atoms with Crippen LogP contribution in [0.15, 0.2) is 36.9 Å². The monoisotopic (exact) mass is 264 g/mol. The summed E-state index contributed by atoms with van der Waals surface area (Å²) in [7, 11) is 0. The molecule has 3 heteroatoms. The summed E-state index contributed by atoms with van der Waals surface area (Å²) in [6.45, 7) is 8.01. The number of carbonyl (C=O) groups excluding carboxylic acids is 1. The summed E-state index contributed by atoms with van der Waals surface area (Å²) < 4.78 is 5.06. The van der Waals surface area contributed by atoms with Crippen LogP contribution in [0.25, 0.3) is 0 Å². The molecule has 1 atom stereocenters. The Hall–Kier alpha value is -1.22. The summed E-state index contributed by atoms with van der Waals surface area (Å²) in [5.74, 6) is 0.673. The van der Waals surface area contributed by atoms with Crippen LogP contribution < -0.4 is 0 Å². The van der Waals surface area contributed by atoms with Gasteiger partial charge in [-0.2, -0.15) is 0 Å².